The highest BCUT2D eigenvalue weighted by molar-refractivity contribution is 5.96. The Morgan fingerprint density at radius 1 is 1.29 bits per heavy atom. The van der Waals surface area contributed by atoms with Gasteiger partial charge in [-0.1, -0.05) is 6.07 Å². The minimum absolute atomic E-state index is 0.107. The lowest BCUT2D eigenvalue weighted by Crippen LogP contribution is -2.48. The molecule has 0 spiro atoms. The molecule has 1 aromatic heterocycles. The molecule has 0 bridgehead atoms. The zero-order valence-corrected chi connectivity index (χ0v) is 16.4. The summed E-state index contributed by atoms with van der Waals surface area (Å²) in [6, 6.07) is 9.14. The monoisotopic (exact) mass is 381 g/mol. The van der Waals surface area contributed by atoms with Gasteiger partial charge in [0.25, 0.3) is 5.91 Å². The lowest BCUT2D eigenvalue weighted by Gasteiger charge is -2.33. The van der Waals surface area contributed by atoms with Crippen molar-refractivity contribution < 1.29 is 9.59 Å². The van der Waals surface area contributed by atoms with Crippen LogP contribution in [0.15, 0.2) is 42.7 Å². The summed E-state index contributed by atoms with van der Waals surface area (Å²) in [5.41, 5.74) is 3.30. The van der Waals surface area contributed by atoms with Crippen LogP contribution in [-0.4, -0.2) is 48.0 Å². The molecule has 3 N–H and O–H groups in total. The average Bonchev–Trinajstić information content (AvgIpc) is 2.70. The number of piperidine rings is 1. The van der Waals surface area contributed by atoms with Crippen molar-refractivity contribution >= 4 is 17.6 Å². The number of rotatable bonds is 5. The molecular weight excluding hydrogens is 354 g/mol. The molecule has 1 aliphatic rings. The van der Waals surface area contributed by atoms with Gasteiger partial charge in [0.15, 0.2) is 0 Å². The minimum atomic E-state index is -0.218. The Labute approximate surface area is 165 Å². The van der Waals surface area contributed by atoms with E-state index in [4.69, 9.17) is 0 Å². The number of urea groups is 1. The zero-order chi connectivity index (χ0) is 19.9. The molecule has 0 unspecified atom stereocenters. The molecule has 3 rings (SSSR count). The normalized spacial score (nSPS) is 17.0. The second-order valence-corrected chi connectivity index (χ2v) is 7.14. The summed E-state index contributed by atoms with van der Waals surface area (Å²) >= 11 is 0. The summed E-state index contributed by atoms with van der Waals surface area (Å²) in [7, 11) is 1.60. The van der Waals surface area contributed by atoms with Crippen LogP contribution in [0.1, 0.15) is 34.3 Å². The largest absolute Gasteiger partial charge is 0.355 e. The first-order valence-corrected chi connectivity index (χ1v) is 9.56. The number of carbonyl (C=O) groups excluding carboxylic acids is 2. The lowest BCUT2D eigenvalue weighted by atomic mass is 10.1. The van der Waals surface area contributed by atoms with Crippen LogP contribution in [0, 0.1) is 6.92 Å². The molecule has 1 aromatic carbocycles. The Morgan fingerprint density at radius 2 is 2.14 bits per heavy atom. The fourth-order valence-corrected chi connectivity index (χ4v) is 3.50. The summed E-state index contributed by atoms with van der Waals surface area (Å²) in [5.74, 6) is -0.144. The molecular formula is C21H27N5O2. The highest BCUT2D eigenvalue weighted by atomic mass is 16.2. The molecule has 0 aliphatic carbocycles. The van der Waals surface area contributed by atoms with Crippen molar-refractivity contribution in [3.8, 4) is 0 Å². The first-order chi connectivity index (χ1) is 13.5. The van der Waals surface area contributed by atoms with Gasteiger partial charge in [0.05, 0.1) is 0 Å². The molecule has 7 nitrogen and oxygen atoms in total. The van der Waals surface area contributed by atoms with Crippen LogP contribution in [0.5, 0.6) is 0 Å². The highest BCUT2D eigenvalue weighted by Crippen LogP contribution is 2.17. The van der Waals surface area contributed by atoms with Crippen LogP contribution in [-0.2, 0) is 6.54 Å². The fraction of sp³-hybridized carbons (Fsp3) is 0.381. The second kappa shape index (κ2) is 9.32. The molecule has 0 radical (unpaired) electrons. The number of carbonyl (C=O) groups is 2. The van der Waals surface area contributed by atoms with Crippen LogP contribution in [0.3, 0.4) is 0 Å². The van der Waals surface area contributed by atoms with E-state index < -0.39 is 0 Å². The third-order valence-electron chi connectivity index (χ3n) is 4.93. The van der Waals surface area contributed by atoms with Crippen molar-refractivity contribution in [2.45, 2.75) is 32.4 Å². The third kappa shape index (κ3) is 5.29. The van der Waals surface area contributed by atoms with Gasteiger partial charge >= 0.3 is 6.03 Å². The molecule has 2 heterocycles. The number of aryl methyl sites for hydroxylation is 1. The van der Waals surface area contributed by atoms with E-state index in [-0.39, 0.29) is 18.0 Å². The zero-order valence-electron chi connectivity index (χ0n) is 16.4. The Bertz CT molecular complexity index is 825. The van der Waals surface area contributed by atoms with E-state index >= 15 is 0 Å². The van der Waals surface area contributed by atoms with Gasteiger partial charge in [-0.3, -0.25) is 14.7 Å². The molecule has 28 heavy (non-hydrogen) atoms. The molecule has 2 aromatic rings. The van der Waals surface area contributed by atoms with Crippen LogP contribution >= 0.6 is 0 Å². The smallest absolute Gasteiger partial charge is 0.319 e. The van der Waals surface area contributed by atoms with E-state index in [9.17, 15) is 9.59 Å². The van der Waals surface area contributed by atoms with E-state index in [0.29, 0.717) is 11.3 Å². The van der Waals surface area contributed by atoms with Gasteiger partial charge in [0.2, 0.25) is 0 Å². The predicted octanol–water partition coefficient (Wildman–Crippen LogP) is 2.54. The van der Waals surface area contributed by atoms with Gasteiger partial charge in [-0.05, 0) is 61.7 Å². The quantitative estimate of drug-likeness (QED) is 0.743. The number of likely N-dealkylation sites (tertiary alicyclic amines) is 1. The van der Waals surface area contributed by atoms with Gasteiger partial charge in [-0.25, -0.2) is 4.79 Å². The fourth-order valence-electron chi connectivity index (χ4n) is 3.50. The standard InChI is InChI=1S/C21H27N5O2/c1-15-11-17(20(27)22-2)7-8-19(15)25-21(28)24-18-6-4-10-26(14-18)13-16-5-3-9-23-12-16/h3,5,7-9,11-12,18H,4,6,10,13-14H2,1-2H3,(H,22,27)(H2,24,25,28)/t18-/m0/s1. The Morgan fingerprint density at radius 3 is 2.86 bits per heavy atom. The molecule has 0 saturated carbocycles. The number of nitrogens with one attached hydrogen (secondary N) is 3. The number of pyridine rings is 1. The second-order valence-electron chi connectivity index (χ2n) is 7.14. The Hall–Kier alpha value is -2.93. The van der Waals surface area contributed by atoms with Crippen molar-refractivity contribution in [2.75, 3.05) is 25.5 Å². The summed E-state index contributed by atoms with van der Waals surface area (Å²) in [6.45, 7) is 4.55. The lowest BCUT2D eigenvalue weighted by molar-refractivity contribution is 0.0963. The molecule has 1 fully saturated rings. The molecule has 1 atom stereocenters. The van der Waals surface area contributed by atoms with Crippen molar-refractivity contribution in [1.82, 2.24) is 20.5 Å². The Kier molecular flexibility index (Phi) is 6.60. The van der Waals surface area contributed by atoms with Crippen molar-refractivity contribution in [1.29, 1.82) is 0 Å². The predicted molar refractivity (Wildman–Crippen MR) is 109 cm³/mol. The number of benzene rings is 1. The number of amides is 3. The van der Waals surface area contributed by atoms with Crippen molar-refractivity contribution in [2.24, 2.45) is 0 Å². The van der Waals surface area contributed by atoms with Gasteiger partial charge in [-0.15, -0.1) is 0 Å². The summed E-state index contributed by atoms with van der Waals surface area (Å²) < 4.78 is 0. The maximum atomic E-state index is 12.4. The summed E-state index contributed by atoms with van der Waals surface area (Å²) in [4.78, 5) is 30.7. The third-order valence-corrected chi connectivity index (χ3v) is 4.93. The SMILES string of the molecule is CNC(=O)c1ccc(NC(=O)N[C@H]2CCCN(Cc3cccnc3)C2)c(C)c1. The van der Waals surface area contributed by atoms with E-state index in [1.54, 1.807) is 31.4 Å². The van der Waals surface area contributed by atoms with Gasteiger partial charge in [0, 0.05) is 49.8 Å². The number of hydrogen-bond donors (Lipinski definition) is 3. The average molecular weight is 381 g/mol. The Balaban J connectivity index is 1.53. The molecule has 148 valence electrons. The van der Waals surface area contributed by atoms with Crippen LogP contribution in [0.4, 0.5) is 10.5 Å². The first kappa shape index (κ1) is 19.8. The van der Waals surface area contributed by atoms with E-state index in [1.165, 1.54) is 5.56 Å². The minimum Gasteiger partial charge on any atom is -0.355 e. The van der Waals surface area contributed by atoms with Gasteiger partial charge in [0.1, 0.15) is 0 Å². The summed E-state index contributed by atoms with van der Waals surface area (Å²) in [5, 5.41) is 8.57. The molecule has 1 aliphatic heterocycles. The van der Waals surface area contributed by atoms with Crippen molar-refractivity contribution in [3.63, 3.8) is 0 Å². The van der Waals surface area contributed by atoms with Crippen LogP contribution in [0.25, 0.3) is 0 Å². The first-order valence-electron chi connectivity index (χ1n) is 9.56. The van der Waals surface area contributed by atoms with Crippen LogP contribution < -0.4 is 16.0 Å². The number of anilines is 1. The summed E-state index contributed by atoms with van der Waals surface area (Å²) in [6.07, 6.45) is 5.67. The van der Waals surface area contributed by atoms with Gasteiger partial charge < -0.3 is 16.0 Å². The van der Waals surface area contributed by atoms with E-state index in [1.807, 2.05) is 19.2 Å². The van der Waals surface area contributed by atoms with Crippen molar-refractivity contribution in [3.05, 3.63) is 59.4 Å². The topological polar surface area (TPSA) is 86.4 Å². The van der Waals surface area contributed by atoms with E-state index in [0.717, 1.165) is 38.0 Å². The maximum absolute atomic E-state index is 12.4. The highest BCUT2D eigenvalue weighted by Gasteiger charge is 2.21. The number of aromatic nitrogens is 1. The number of nitrogens with zero attached hydrogens (tertiary/aromatic N) is 2. The van der Waals surface area contributed by atoms with E-state index in [2.05, 4.69) is 31.9 Å². The van der Waals surface area contributed by atoms with Crippen LogP contribution in [0.2, 0.25) is 0 Å². The molecule has 3 amide bonds. The van der Waals surface area contributed by atoms with Gasteiger partial charge in [-0.2, -0.15) is 0 Å². The number of hydrogen-bond acceptors (Lipinski definition) is 4. The molecule has 7 heteroatoms. The maximum Gasteiger partial charge on any atom is 0.319 e. The molecule has 1 saturated heterocycles.